The SMILES string of the molecule is COC(=O)c1ccc(OCC(=O)Nc2ncc(Cl)cc2Cl)c([N+](=O)[O-])c1. The maximum Gasteiger partial charge on any atom is 0.338 e. The largest absolute Gasteiger partial charge is 0.477 e. The van der Waals surface area contributed by atoms with E-state index in [4.69, 9.17) is 27.9 Å². The van der Waals surface area contributed by atoms with Crippen LogP contribution in [0.2, 0.25) is 10.0 Å². The van der Waals surface area contributed by atoms with E-state index in [1.807, 2.05) is 0 Å². The van der Waals surface area contributed by atoms with Crippen molar-refractivity contribution in [3.05, 3.63) is 56.2 Å². The lowest BCUT2D eigenvalue weighted by Crippen LogP contribution is -2.21. The Morgan fingerprint density at radius 1 is 1.31 bits per heavy atom. The van der Waals surface area contributed by atoms with Gasteiger partial charge in [0.1, 0.15) is 0 Å². The summed E-state index contributed by atoms with van der Waals surface area (Å²) in [6.07, 6.45) is 1.29. The molecule has 0 atom stereocenters. The lowest BCUT2D eigenvalue weighted by Gasteiger charge is -2.09. The first-order valence-electron chi connectivity index (χ1n) is 6.92. The third-order valence-electron chi connectivity index (χ3n) is 3.00. The Morgan fingerprint density at radius 3 is 2.65 bits per heavy atom. The summed E-state index contributed by atoms with van der Waals surface area (Å²) in [6.45, 7) is -0.543. The number of aromatic nitrogens is 1. The van der Waals surface area contributed by atoms with Gasteiger partial charge in [0.15, 0.2) is 18.2 Å². The molecule has 11 heteroatoms. The number of halogens is 2. The first-order valence-corrected chi connectivity index (χ1v) is 7.68. The Labute approximate surface area is 157 Å². The van der Waals surface area contributed by atoms with Crippen LogP contribution < -0.4 is 10.1 Å². The first-order chi connectivity index (χ1) is 12.3. The van der Waals surface area contributed by atoms with E-state index in [-0.39, 0.29) is 22.2 Å². The van der Waals surface area contributed by atoms with Crippen molar-refractivity contribution in [1.29, 1.82) is 0 Å². The number of carbonyl (C=O) groups excluding carboxylic acids is 2. The van der Waals surface area contributed by atoms with E-state index < -0.39 is 29.1 Å². The Balaban J connectivity index is 2.09. The van der Waals surface area contributed by atoms with Gasteiger partial charge in [0, 0.05) is 12.3 Å². The van der Waals surface area contributed by atoms with E-state index in [2.05, 4.69) is 15.0 Å². The summed E-state index contributed by atoms with van der Waals surface area (Å²) in [7, 11) is 1.15. The summed E-state index contributed by atoms with van der Waals surface area (Å²) < 4.78 is 9.66. The van der Waals surface area contributed by atoms with Crippen LogP contribution >= 0.6 is 23.2 Å². The molecule has 0 bridgehead atoms. The normalized spacial score (nSPS) is 10.1. The van der Waals surface area contributed by atoms with Gasteiger partial charge in [0.05, 0.1) is 27.6 Å². The summed E-state index contributed by atoms with van der Waals surface area (Å²) in [5, 5.41) is 13.9. The molecule has 2 rings (SSSR count). The number of nitrogens with one attached hydrogen (secondary N) is 1. The van der Waals surface area contributed by atoms with Crippen LogP contribution in [0.3, 0.4) is 0 Å². The van der Waals surface area contributed by atoms with Crippen molar-refractivity contribution in [2.75, 3.05) is 19.0 Å². The number of benzene rings is 1. The predicted octanol–water partition coefficient (Wildman–Crippen LogP) is 3.10. The molecule has 0 aliphatic rings. The van der Waals surface area contributed by atoms with Crippen molar-refractivity contribution < 1.29 is 24.0 Å². The van der Waals surface area contributed by atoms with Crippen LogP contribution in [0.25, 0.3) is 0 Å². The molecule has 9 nitrogen and oxygen atoms in total. The van der Waals surface area contributed by atoms with Gasteiger partial charge < -0.3 is 14.8 Å². The molecular weight excluding hydrogens is 389 g/mol. The number of methoxy groups -OCH3 is 1. The van der Waals surface area contributed by atoms with Crippen LogP contribution in [0.5, 0.6) is 5.75 Å². The fourth-order valence-corrected chi connectivity index (χ4v) is 2.27. The van der Waals surface area contributed by atoms with Crippen LogP contribution in [0.1, 0.15) is 10.4 Å². The molecule has 0 spiro atoms. The number of pyridine rings is 1. The minimum Gasteiger partial charge on any atom is -0.477 e. The van der Waals surface area contributed by atoms with E-state index >= 15 is 0 Å². The van der Waals surface area contributed by atoms with E-state index in [9.17, 15) is 19.7 Å². The molecular formula is C15H11Cl2N3O6. The smallest absolute Gasteiger partial charge is 0.338 e. The Kier molecular flexibility index (Phi) is 6.31. The molecule has 1 heterocycles. The summed E-state index contributed by atoms with van der Waals surface area (Å²) in [5.41, 5.74) is -0.503. The maximum atomic E-state index is 11.9. The van der Waals surface area contributed by atoms with Gasteiger partial charge in [-0.25, -0.2) is 9.78 Å². The first kappa shape index (κ1) is 19.4. The Morgan fingerprint density at radius 2 is 2.04 bits per heavy atom. The van der Waals surface area contributed by atoms with Crippen LogP contribution in [0, 0.1) is 10.1 Å². The number of esters is 1. The zero-order chi connectivity index (χ0) is 19.3. The maximum absolute atomic E-state index is 11.9. The molecule has 136 valence electrons. The van der Waals surface area contributed by atoms with Crippen LogP contribution in [0.4, 0.5) is 11.5 Å². The molecule has 0 fully saturated rings. The molecule has 0 unspecified atom stereocenters. The van der Waals surface area contributed by atoms with E-state index in [1.165, 1.54) is 24.4 Å². The number of ether oxygens (including phenoxy) is 2. The number of rotatable bonds is 6. The van der Waals surface area contributed by atoms with Gasteiger partial charge in [-0.15, -0.1) is 0 Å². The fraction of sp³-hybridized carbons (Fsp3) is 0.133. The van der Waals surface area contributed by atoms with Crippen molar-refractivity contribution in [2.45, 2.75) is 0 Å². The number of carbonyl (C=O) groups is 2. The quantitative estimate of drug-likeness (QED) is 0.449. The molecule has 0 aliphatic heterocycles. The standard InChI is InChI=1S/C15H11Cl2N3O6/c1-25-15(22)8-2-3-12(11(4-8)20(23)24)26-7-13(21)19-14-10(17)5-9(16)6-18-14/h2-6H,7H2,1H3,(H,18,19,21). The average molecular weight is 400 g/mol. The number of hydrogen-bond donors (Lipinski definition) is 1. The van der Waals surface area contributed by atoms with E-state index in [0.29, 0.717) is 5.02 Å². The van der Waals surface area contributed by atoms with Gasteiger partial charge in [-0.3, -0.25) is 14.9 Å². The number of anilines is 1. The number of amides is 1. The average Bonchev–Trinajstić information content (AvgIpc) is 2.61. The molecule has 1 N–H and O–H groups in total. The van der Waals surface area contributed by atoms with E-state index in [0.717, 1.165) is 13.2 Å². The third-order valence-corrected chi connectivity index (χ3v) is 3.50. The molecule has 1 aromatic heterocycles. The zero-order valence-electron chi connectivity index (χ0n) is 13.2. The van der Waals surface area contributed by atoms with E-state index in [1.54, 1.807) is 0 Å². The number of nitro groups is 1. The minimum absolute atomic E-state index is 0.0202. The second kappa shape index (κ2) is 8.45. The van der Waals surface area contributed by atoms with Gasteiger partial charge in [0.2, 0.25) is 0 Å². The zero-order valence-corrected chi connectivity index (χ0v) is 14.7. The van der Waals surface area contributed by atoms with Crippen LogP contribution in [-0.4, -0.2) is 35.5 Å². The molecule has 1 amide bonds. The Hall–Kier alpha value is -2.91. The molecule has 0 saturated heterocycles. The summed E-state index contributed by atoms with van der Waals surface area (Å²) in [5.74, 6) is -1.50. The number of hydrogen-bond acceptors (Lipinski definition) is 7. The number of nitro benzene ring substituents is 1. The molecule has 0 radical (unpaired) electrons. The highest BCUT2D eigenvalue weighted by Crippen LogP contribution is 2.28. The summed E-state index contributed by atoms with van der Waals surface area (Å²) in [4.78, 5) is 37.6. The summed E-state index contributed by atoms with van der Waals surface area (Å²) >= 11 is 11.6. The molecule has 0 saturated carbocycles. The van der Waals surface area contributed by atoms with Gasteiger partial charge in [-0.2, -0.15) is 0 Å². The number of nitrogens with zero attached hydrogens (tertiary/aromatic N) is 2. The minimum atomic E-state index is -0.739. The monoisotopic (exact) mass is 399 g/mol. The van der Waals surface area contributed by atoms with Gasteiger partial charge in [-0.05, 0) is 18.2 Å². The highest BCUT2D eigenvalue weighted by Gasteiger charge is 2.20. The van der Waals surface area contributed by atoms with Gasteiger partial charge >= 0.3 is 11.7 Å². The lowest BCUT2D eigenvalue weighted by atomic mass is 10.2. The molecule has 0 aliphatic carbocycles. The molecule has 2 aromatic rings. The van der Waals surface area contributed by atoms with Crippen LogP contribution in [-0.2, 0) is 9.53 Å². The second-order valence-electron chi connectivity index (χ2n) is 4.75. The Bertz CT molecular complexity index is 874. The fourth-order valence-electron chi connectivity index (χ4n) is 1.84. The summed E-state index contributed by atoms with van der Waals surface area (Å²) in [6, 6.07) is 4.87. The van der Waals surface area contributed by atoms with Gasteiger partial charge in [-0.1, -0.05) is 23.2 Å². The van der Waals surface area contributed by atoms with Crippen molar-refractivity contribution in [1.82, 2.24) is 4.98 Å². The highest BCUT2D eigenvalue weighted by molar-refractivity contribution is 6.36. The predicted molar refractivity (Wildman–Crippen MR) is 92.8 cm³/mol. The third kappa shape index (κ3) is 4.80. The van der Waals surface area contributed by atoms with Crippen molar-refractivity contribution in [3.63, 3.8) is 0 Å². The van der Waals surface area contributed by atoms with Crippen molar-refractivity contribution in [2.24, 2.45) is 0 Å². The topological polar surface area (TPSA) is 121 Å². The second-order valence-corrected chi connectivity index (χ2v) is 5.60. The van der Waals surface area contributed by atoms with Gasteiger partial charge in [0.25, 0.3) is 5.91 Å². The molecule has 1 aromatic carbocycles. The highest BCUT2D eigenvalue weighted by atomic mass is 35.5. The van der Waals surface area contributed by atoms with Crippen molar-refractivity contribution in [3.8, 4) is 5.75 Å². The van der Waals surface area contributed by atoms with Crippen LogP contribution in [0.15, 0.2) is 30.5 Å². The lowest BCUT2D eigenvalue weighted by molar-refractivity contribution is -0.385. The molecule has 26 heavy (non-hydrogen) atoms. The van der Waals surface area contributed by atoms with Crippen molar-refractivity contribution >= 4 is 46.6 Å².